The molecule has 2 atom stereocenters. The smallest absolute Gasteiger partial charge is 0.0477 e. The first-order valence-corrected chi connectivity index (χ1v) is 5.19. The van der Waals surface area contributed by atoms with Crippen LogP contribution in [0.4, 0.5) is 0 Å². The van der Waals surface area contributed by atoms with Crippen molar-refractivity contribution in [1.82, 2.24) is 5.32 Å². The van der Waals surface area contributed by atoms with Crippen LogP contribution in [0.5, 0.6) is 0 Å². The first-order chi connectivity index (χ1) is 5.88. The Labute approximate surface area is 75.7 Å². The summed E-state index contributed by atoms with van der Waals surface area (Å²) in [5.74, 6) is 0.970. The van der Waals surface area contributed by atoms with Crippen molar-refractivity contribution in [2.45, 2.75) is 39.2 Å². The summed E-state index contributed by atoms with van der Waals surface area (Å²) in [7, 11) is 0. The zero-order valence-corrected chi connectivity index (χ0v) is 8.31. The van der Waals surface area contributed by atoms with E-state index in [1.165, 1.54) is 12.8 Å². The monoisotopic (exact) mass is 171 g/mol. The summed E-state index contributed by atoms with van der Waals surface area (Å²) in [6.07, 6.45) is 3.88. The third-order valence-electron chi connectivity index (χ3n) is 2.52. The Bertz CT molecular complexity index is 116. The highest BCUT2D eigenvalue weighted by Crippen LogP contribution is 2.32. The van der Waals surface area contributed by atoms with Crippen molar-refractivity contribution < 1.29 is 4.74 Å². The van der Waals surface area contributed by atoms with E-state index in [4.69, 9.17) is 4.74 Å². The van der Waals surface area contributed by atoms with Crippen LogP contribution in [0.2, 0.25) is 0 Å². The van der Waals surface area contributed by atoms with Crippen LogP contribution in [-0.2, 0) is 4.74 Å². The molecular formula is C10H21NO. The Hall–Kier alpha value is -0.0800. The summed E-state index contributed by atoms with van der Waals surface area (Å²) < 4.78 is 5.25. The van der Waals surface area contributed by atoms with Gasteiger partial charge in [-0.05, 0) is 32.2 Å². The summed E-state index contributed by atoms with van der Waals surface area (Å²) >= 11 is 0. The third-order valence-corrected chi connectivity index (χ3v) is 2.52. The molecule has 0 aliphatic heterocycles. The SMILES string of the molecule is CCOCCCNC1CC1CC. The van der Waals surface area contributed by atoms with Crippen molar-refractivity contribution in [2.24, 2.45) is 5.92 Å². The minimum Gasteiger partial charge on any atom is -0.382 e. The van der Waals surface area contributed by atoms with Gasteiger partial charge in [0.2, 0.25) is 0 Å². The fraction of sp³-hybridized carbons (Fsp3) is 1.00. The van der Waals surface area contributed by atoms with Crippen LogP contribution < -0.4 is 5.32 Å². The lowest BCUT2D eigenvalue weighted by atomic mass is 10.3. The molecule has 1 fully saturated rings. The lowest BCUT2D eigenvalue weighted by Crippen LogP contribution is -2.20. The van der Waals surface area contributed by atoms with Gasteiger partial charge in [-0.2, -0.15) is 0 Å². The van der Waals surface area contributed by atoms with E-state index in [-0.39, 0.29) is 0 Å². The summed E-state index contributed by atoms with van der Waals surface area (Å²) in [5, 5.41) is 3.54. The molecular weight excluding hydrogens is 150 g/mol. The average Bonchev–Trinajstić information content (AvgIpc) is 2.83. The lowest BCUT2D eigenvalue weighted by Gasteiger charge is -2.03. The molecule has 1 aliphatic rings. The Morgan fingerprint density at radius 2 is 2.25 bits per heavy atom. The predicted octanol–water partition coefficient (Wildman–Crippen LogP) is 1.80. The van der Waals surface area contributed by atoms with Gasteiger partial charge in [0.15, 0.2) is 0 Å². The molecule has 1 aliphatic carbocycles. The Balaban J connectivity index is 1.78. The van der Waals surface area contributed by atoms with Gasteiger partial charge in [0, 0.05) is 19.3 Å². The second-order valence-corrected chi connectivity index (χ2v) is 3.52. The van der Waals surface area contributed by atoms with Gasteiger partial charge in [0.1, 0.15) is 0 Å². The molecule has 0 radical (unpaired) electrons. The van der Waals surface area contributed by atoms with Gasteiger partial charge >= 0.3 is 0 Å². The van der Waals surface area contributed by atoms with Crippen LogP contribution in [0, 0.1) is 5.92 Å². The molecule has 2 nitrogen and oxygen atoms in total. The number of hydrogen-bond acceptors (Lipinski definition) is 2. The molecule has 0 spiro atoms. The highest BCUT2D eigenvalue weighted by Gasteiger charge is 2.34. The Morgan fingerprint density at radius 1 is 1.42 bits per heavy atom. The molecule has 1 rings (SSSR count). The maximum absolute atomic E-state index is 5.25. The zero-order chi connectivity index (χ0) is 8.81. The zero-order valence-electron chi connectivity index (χ0n) is 8.31. The number of nitrogens with one attached hydrogen (secondary N) is 1. The lowest BCUT2D eigenvalue weighted by molar-refractivity contribution is 0.144. The second kappa shape index (κ2) is 5.55. The van der Waals surface area contributed by atoms with Gasteiger partial charge in [0.05, 0.1) is 0 Å². The maximum Gasteiger partial charge on any atom is 0.0477 e. The first-order valence-electron chi connectivity index (χ1n) is 5.19. The first kappa shape index (κ1) is 10.0. The molecule has 0 saturated heterocycles. The third kappa shape index (κ3) is 3.55. The molecule has 12 heavy (non-hydrogen) atoms. The molecule has 0 aromatic rings. The number of ether oxygens (including phenoxy) is 1. The van der Waals surface area contributed by atoms with Crippen molar-refractivity contribution in [2.75, 3.05) is 19.8 Å². The minimum absolute atomic E-state index is 0.830. The second-order valence-electron chi connectivity index (χ2n) is 3.52. The van der Waals surface area contributed by atoms with Crippen LogP contribution in [0.3, 0.4) is 0 Å². The quantitative estimate of drug-likeness (QED) is 0.590. The molecule has 2 unspecified atom stereocenters. The molecule has 0 aromatic heterocycles. The minimum atomic E-state index is 0.830. The Morgan fingerprint density at radius 3 is 2.83 bits per heavy atom. The van der Waals surface area contributed by atoms with Crippen LogP contribution >= 0.6 is 0 Å². The van der Waals surface area contributed by atoms with E-state index in [1.807, 2.05) is 6.92 Å². The number of hydrogen-bond donors (Lipinski definition) is 1. The van der Waals surface area contributed by atoms with Crippen molar-refractivity contribution in [3.63, 3.8) is 0 Å². The topological polar surface area (TPSA) is 21.3 Å². The molecule has 1 N–H and O–H groups in total. The van der Waals surface area contributed by atoms with Crippen molar-refractivity contribution in [3.8, 4) is 0 Å². The van der Waals surface area contributed by atoms with E-state index in [9.17, 15) is 0 Å². The van der Waals surface area contributed by atoms with E-state index < -0.39 is 0 Å². The number of rotatable bonds is 7. The van der Waals surface area contributed by atoms with Crippen LogP contribution in [0.1, 0.15) is 33.1 Å². The van der Waals surface area contributed by atoms with Crippen LogP contribution in [-0.4, -0.2) is 25.8 Å². The summed E-state index contributed by atoms with van der Waals surface area (Å²) in [6, 6.07) is 0.830. The molecule has 0 amide bonds. The van der Waals surface area contributed by atoms with Crippen molar-refractivity contribution >= 4 is 0 Å². The van der Waals surface area contributed by atoms with E-state index in [2.05, 4.69) is 12.2 Å². The van der Waals surface area contributed by atoms with Gasteiger partial charge in [0.25, 0.3) is 0 Å². The van der Waals surface area contributed by atoms with Gasteiger partial charge < -0.3 is 10.1 Å². The largest absolute Gasteiger partial charge is 0.382 e. The van der Waals surface area contributed by atoms with Crippen molar-refractivity contribution in [3.05, 3.63) is 0 Å². The fourth-order valence-corrected chi connectivity index (χ4v) is 1.55. The van der Waals surface area contributed by atoms with Crippen LogP contribution in [0.25, 0.3) is 0 Å². The average molecular weight is 171 g/mol. The van der Waals surface area contributed by atoms with Gasteiger partial charge in [-0.1, -0.05) is 13.3 Å². The molecule has 0 heterocycles. The van der Waals surface area contributed by atoms with E-state index in [0.717, 1.165) is 38.1 Å². The molecule has 2 heteroatoms. The Kier molecular flexibility index (Phi) is 4.62. The maximum atomic E-state index is 5.25. The summed E-state index contributed by atoms with van der Waals surface area (Å²) in [6.45, 7) is 7.20. The summed E-state index contributed by atoms with van der Waals surface area (Å²) in [4.78, 5) is 0. The summed E-state index contributed by atoms with van der Waals surface area (Å²) in [5.41, 5.74) is 0. The van der Waals surface area contributed by atoms with Gasteiger partial charge in [-0.15, -0.1) is 0 Å². The molecule has 0 aromatic carbocycles. The highest BCUT2D eigenvalue weighted by atomic mass is 16.5. The van der Waals surface area contributed by atoms with Crippen molar-refractivity contribution in [1.29, 1.82) is 0 Å². The molecule has 0 bridgehead atoms. The van der Waals surface area contributed by atoms with Gasteiger partial charge in [-0.3, -0.25) is 0 Å². The fourth-order valence-electron chi connectivity index (χ4n) is 1.55. The molecule has 72 valence electrons. The normalized spacial score (nSPS) is 27.5. The van der Waals surface area contributed by atoms with E-state index in [0.29, 0.717) is 0 Å². The van der Waals surface area contributed by atoms with E-state index >= 15 is 0 Å². The van der Waals surface area contributed by atoms with E-state index in [1.54, 1.807) is 0 Å². The standard InChI is InChI=1S/C10H21NO/c1-3-9-8-10(9)11-6-5-7-12-4-2/h9-11H,3-8H2,1-2H3. The molecule has 1 saturated carbocycles. The highest BCUT2D eigenvalue weighted by molar-refractivity contribution is 4.91. The van der Waals surface area contributed by atoms with Crippen LogP contribution in [0.15, 0.2) is 0 Å². The predicted molar refractivity (Wildman–Crippen MR) is 51.3 cm³/mol. The van der Waals surface area contributed by atoms with Gasteiger partial charge in [-0.25, -0.2) is 0 Å².